The van der Waals surface area contributed by atoms with Crippen molar-refractivity contribution >= 4 is 0 Å². The topological polar surface area (TPSA) is 6.48 Å². The van der Waals surface area contributed by atoms with Crippen LogP contribution in [0.4, 0.5) is 0 Å². The zero-order chi connectivity index (χ0) is 14.3. The van der Waals surface area contributed by atoms with E-state index in [2.05, 4.69) is 16.7 Å². The molecule has 5 rings (SSSR count). The van der Waals surface area contributed by atoms with Gasteiger partial charge in [-0.1, -0.05) is 13.3 Å². The van der Waals surface area contributed by atoms with Gasteiger partial charge in [-0.2, -0.15) is 0 Å². The molecule has 0 unspecified atom stereocenters. The molecule has 120 valence electrons. The van der Waals surface area contributed by atoms with Gasteiger partial charge in [0.05, 0.1) is 0 Å². The lowest BCUT2D eigenvalue weighted by atomic mass is 9.49. The van der Waals surface area contributed by atoms with Gasteiger partial charge in [0.1, 0.15) is 0 Å². The van der Waals surface area contributed by atoms with E-state index < -0.39 is 0 Å². The highest BCUT2D eigenvalue weighted by Crippen LogP contribution is 2.60. The number of hydrogen-bond donors (Lipinski definition) is 0. The Kier molecular flexibility index (Phi) is 4.04. The van der Waals surface area contributed by atoms with E-state index in [1.54, 1.807) is 38.5 Å². The summed E-state index contributed by atoms with van der Waals surface area (Å²) >= 11 is 0. The molecule has 5 aliphatic rings. The fourth-order valence-electron chi connectivity index (χ4n) is 6.51. The average Bonchev–Trinajstić information content (AvgIpc) is 2.45. The summed E-state index contributed by atoms with van der Waals surface area (Å²) in [5, 5.41) is 0. The van der Waals surface area contributed by atoms with Crippen LogP contribution in [0.3, 0.4) is 0 Å². The van der Waals surface area contributed by atoms with Gasteiger partial charge in [-0.25, -0.2) is 0 Å². The maximum absolute atomic E-state index is 2.83. The Morgan fingerprint density at radius 2 is 1.33 bits per heavy atom. The van der Waals surface area contributed by atoms with Gasteiger partial charge in [0.2, 0.25) is 0 Å². The molecular weight excluding hydrogens is 256 g/mol. The first-order valence-electron chi connectivity index (χ1n) is 9.69. The van der Waals surface area contributed by atoms with Gasteiger partial charge in [-0.3, -0.25) is 0 Å². The monoisotopic (exact) mass is 290 g/mol. The Balaban J connectivity index is 1.31. The quantitative estimate of drug-likeness (QED) is 0.763. The number of piperazine rings is 1. The normalized spacial score (nSPS) is 43.6. The van der Waals surface area contributed by atoms with Gasteiger partial charge in [0.15, 0.2) is 0 Å². The molecule has 0 spiro atoms. The second-order valence-electron chi connectivity index (χ2n) is 8.89. The Bertz CT molecular complexity index is 321. The van der Waals surface area contributed by atoms with Crippen LogP contribution >= 0.6 is 0 Å². The molecule has 5 fully saturated rings. The van der Waals surface area contributed by atoms with Crippen LogP contribution in [0.5, 0.6) is 0 Å². The lowest BCUT2D eigenvalue weighted by Gasteiger charge is -2.58. The lowest BCUT2D eigenvalue weighted by molar-refractivity contribution is -0.0735. The van der Waals surface area contributed by atoms with Crippen LogP contribution in [0, 0.1) is 23.2 Å². The summed E-state index contributed by atoms with van der Waals surface area (Å²) in [4.78, 5) is 5.52. The van der Waals surface area contributed by atoms with Gasteiger partial charge in [0, 0.05) is 32.7 Å². The Morgan fingerprint density at radius 3 is 1.86 bits per heavy atom. The Morgan fingerprint density at radius 1 is 0.810 bits per heavy atom. The Labute approximate surface area is 131 Å². The van der Waals surface area contributed by atoms with Crippen LogP contribution in [-0.4, -0.2) is 49.1 Å². The molecule has 0 aromatic carbocycles. The highest BCUT2D eigenvalue weighted by Gasteiger charge is 2.51. The van der Waals surface area contributed by atoms with E-state index in [-0.39, 0.29) is 0 Å². The molecule has 4 aliphatic carbocycles. The molecule has 1 saturated heterocycles. The van der Waals surface area contributed by atoms with Crippen molar-refractivity contribution in [1.29, 1.82) is 0 Å². The van der Waals surface area contributed by atoms with E-state index in [9.17, 15) is 0 Å². The molecule has 1 heterocycles. The molecule has 0 aromatic heterocycles. The van der Waals surface area contributed by atoms with Crippen molar-refractivity contribution in [3.05, 3.63) is 0 Å². The SMILES string of the molecule is CCCCN1CCN(CC23CC4CC(CC(C4)C2)C3)CC1. The summed E-state index contributed by atoms with van der Waals surface area (Å²) in [6.07, 6.45) is 12.2. The minimum Gasteiger partial charge on any atom is -0.301 e. The van der Waals surface area contributed by atoms with Crippen molar-refractivity contribution in [2.75, 3.05) is 39.3 Å². The first-order valence-corrected chi connectivity index (χ1v) is 9.69. The minimum absolute atomic E-state index is 0.750. The van der Waals surface area contributed by atoms with Crippen molar-refractivity contribution in [3.63, 3.8) is 0 Å². The third kappa shape index (κ3) is 3.03. The fourth-order valence-corrected chi connectivity index (χ4v) is 6.51. The smallest absolute Gasteiger partial charge is 0.0110 e. The number of hydrogen-bond acceptors (Lipinski definition) is 2. The van der Waals surface area contributed by atoms with Gasteiger partial charge < -0.3 is 9.80 Å². The molecular formula is C19H34N2. The highest BCUT2D eigenvalue weighted by atomic mass is 15.3. The molecule has 21 heavy (non-hydrogen) atoms. The standard InChI is InChI=1S/C19H34N2/c1-2-3-4-20-5-7-21(8-6-20)15-19-12-16-9-17(13-19)11-18(10-16)14-19/h16-18H,2-15H2,1H3. The first-order chi connectivity index (χ1) is 10.2. The van der Waals surface area contributed by atoms with Crippen molar-refractivity contribution in [3.8, 4) is 0 Å². The van der Waals surface area contributed by atoms with Crippen LogP contribution in [-0.2, 0) is 0 Å². The summed E-state index contributed by atoms with van der Waals surface area (Å²) in [5.41, 5.74) is 0.750. The third-order valence-corrected chi connectivity index (χ3v) is 7.02. The minimum atomic E-state index is 0.750. The third-order valence-electron chi connectivity index (χ3n) is 7.02. The van der Waals surface area contributed by atoms with Crippen LogP contribution in [0.2, 0.25) is 0 Å². The number of nitrogens with zero attached hydrogens (tertiary/aromatic N) is 2. The fraction of sp³-hybridized carbons (Fsp3) is 1.00. The molecule has 2 nitrogen and oxygen atoms in total. The maximum Gasteiger partial charge on any atom is 0.0110 e. The zero-order valence-electron chi connectivity index (χ0n) is 14.0. The predicted octanol–water partition coefficient (Wildman–Crippen LogP) is 3.62. The lowest BCUT2D eigenvalue weighted by Crippen LogP contribution is -2.54. The van der Waals surface area contributed by atoms with E-state index in [0.29, 0.717) is 0 Å². The second-order valence-corrected chi connectivity index (χ2v) is 8.89. The van der Waals surface area contributed by atoms with Crippen molar-refractivity contribution in [1.82, 2.24) is 9.80 Å². The zero-order valence-corrected chi connectivity index (χ0v) is 14.0. The van der Waals surface area contributed by atoms with Gasteiger partial charge in [-0.15, -0.1) is 0 Å². The molecule has 0 radical (unpaired) electrons. The maximum atomic E-state index is 2.83. The number of rotatable bonds is 5. The molecule has 2 heteroatoms. The van der Waals surface area contributed by atoms with Gasteiger partial charge in [-0.05, 0) is 74.7 Å². The van der Waals surface area contributed by atoms with E-state index in [0.717, 1.165) is 23.2 Å². The largest absolute Gasteiger partial charge is 0.301 e. The molecule has 0 N–H and O–H groups in total. The van der Waals surface area contributed by atoms with Crippen LogP contribution in [0.1, 0.15) is 58.3 Å². The molecule has 0 amide bonds. The van der Waals surface area contributed by atoms with E-state index >= 15 is 0 Å². The second kappa shape index (κ2) is 5.85. The average molecular weight is 290 g/mol. The summed E-state index contributed by atoms with van der Waals surface area (Å²) in [7, 11) is 0. The van der Waals surface area contributed by atoms with Crippen LogP contribution < -0.4 is 0 Å². The van der Waals surface area contributed by atoms with Crippen LogP contribution in [0.25, 0.3) is 0 Å². The summed E-state index contributed by atoms with van der Waals surface area (Å²) < 4.78 is 0. The molecule has 4 saturated carbocycles. The van der Waals surface area contributed by atoms with E-state index in [1.807, 2.05) is 0 Å². The van der Waals surface area contributed by atoms with Crippen LogP contribution in [0.15, 0.2) is 0 Å². The number of unbranched alkanes of at least 4 members (excludes halogenated alkanes) is 1. The highest BCUT2D eigenvalue weighted by molar-refractivity contribution is 5.02. The van der Waals surface area contributed by atoms with Gasteiger partial charge in [0.25, 0.3) is 0 Å². The van der Waals surface area contributed by atoms with Crippen molar-refractivity contribution in [2.24, 2.45) is 23.2 Å². The summed E-state index contributed by atoms with van der Waals surface area (Å²) in [6.45, 7) is 10.4. The first kappa shape index (κ1) is 14.5. The molecule has 0 atom stereocenters. The predicted molar refractivity (Wildman–Crippen MR) is 88.4 cm³/mol. The Hall–Kier alpha value is -0.0800. The molecule has 0 aromatic rings. The van der Waals surface area contributed by atoms with Gasteiger partial charge >= 0.3 is 0 Å². The van der Waals surface area contributed by atoms with E-state index in [1.165, 1.54) is 52.1 Å². The van der Waals surface area contributed by atoms with E-state index in [4.69, 9.17) is 0 Å². The summed E-state index contributed by atoms with van der Waals surface area (Å²) in [5.74, 6) is 3.34. The molecule has 4 bridgehead atoms. The van der Waals surface area contributed by atoms with Crippen molar-refractivity contribution in [2.45, 2.75) is 58.3 Å². The van der Waals surface area contributed by atoms with Crippen molar-refractivity contribution < 1.29 is 0 Å². The molecule has 1 aliphatic heterocycles. The summed E-state index contributed by atoms with van der Waals surface area (Å²) in [6, 6.07) is 0.